The number of hydrogen-bond acceptors (Lipinski definition) is 2. The van der Waals surface area contributed by atoms with Crippen molar-refractivity contribution in [1.82, 2.24) is 0 Å². The number of rotatable bonds is 6. The zero-order valence-electron chi connectivity index (χ0n) is 12.0. The van der Waals surface area contributed by atoms with E-state index >= 15 is 0 Å². The van der Waals surface area contributed by atoms with Crippen molar-refractivity contribution in [3.63, 3.8) is 0 Å². The van der Waals surface area contributed by atoms with Crippen LogP contribution in [-0.4, -0.2) is 45.1 Å². The van der Waals surface area contributed by atoms with Gasteiger partial charge < -0.3 is 33.2 Å². The monoisotopic (exact) mass is 375 g/mol. The minimum Gasteiger partial charge on any atom is -1.00 e. The highest BCUT2D eigenvalue weighted by Crippen LogP contribution is 2.13. The molecule has 0 aliphatic carbocycles. The van der Waals surface area contributed by atoms with E-state index in [9.17, 15) is 4.79 Å². The SMILES string of the molecule is COc1cccc(/C=C/C(=O)CC[N+](C)(C)C)c1.[I-]. The fourth-order valence-electron chi connectivity index (χ4n) is 1.46. The number of nitrogens with zero attached hydrogens (tertiary/aromatic N) is 1. The quantitative estimate of drug-likeness (QED) is 0.376. The fourth-order valence-corrected chi connectivity index (χ4v) is 1.46. The first-order valence-electron chi connectivity index (χ1n) is 6.06. The van der Waals surface area contributed by atoms with Crippen molar-refractivity contribution < 1.29 is 38.0 Å². The Morgan fingerprint density at radius 2 is 2.00 bits per heavy atom. The Balaban J connectivity index is 0.00000324. The molecule has 0 amide bonds. The number of allylic oxidation sites excluding steroid dienone is 1. The van der Waals surface area contributed by atoms with Crippen molar-refractivity contribution in [3.8, 4) is 5.75 Å². The van der Waals surface area contributed by atoms with Crippen LogP contribution in [0.15, 0.2) is 30.3 Å². The van der Waals surface area contributed by atoms with E-state index in [0.717, 1.165) is 22.3 Å². The molecular formula is C15H22INO2. The van der Waals surface area contributed by atoms with Gasteiger partial charge >= 0.3 is 0 Å². The van der Waals surface area contributed by atoms with E-state index in [1.807, 2.05) is 30.3 Å². The van der Waals surface area contributed by atoms with Crippen molar-refractivity contribution in [2.45, 2.75) is 6.42 Å². The average molecular weight is 375 g/mol. The largest absolute Gasteiger partial charge is 1.00 e. The van der Waals surface area contributed by atoms with Crippen molar-refractivity contribution in [2.24, 2.45) is 0 Å². The van der Waals surface area contributed by atoms with Crippen LogP contribution < -0.4 is 28.7 Å². The van der Waals surface area contributed by atoms with Crippen molar-refractivity contribution in [1.29, 1.82) is 0 Å². The summed E-state index contributed by atoms with van der Waals surface area (Å²) in [5.74, 6) is 0.960. The van der Waals surface area contributed by atoms with E-state index in [-0.39, 0.29) is 29.8 Å². The molecule has 19 heavy (non-hydrogen) atoms. The normalized spacial score (nSPS) is 11.2. The maximum Gasteiger partial charge on any atom is 0.161 e. The zero-order valence-corrected chi connectivity index (χ0v) is 14.2. The molecule has 0 radical (unpaired) electrons. The summed E-state index contributed by atoms with van der Waals surface area (Å²) in [7, 11) is 7.88. The minimum absolute atomic E-state index is 0. The summed E-state index contributed by atoms with van der Waals surface area (Å²) in [5.41, 5.74) is 0.980. The summed E-state index contributed by atoms with van der Waals surface area (Å²) in [4.78, 5) is 11.7. The molecule has 1 rings (SSSR count). The molecular weight excluding hydrogens is 353 g/mol. The Labute approximate surface area is 132 Å². The maximum absolute atomic E-state index is 11.7. The first-order valence-corrected chi connectivity index (χ1v) is 6.06. The molecule has 0 bridgehead atoms. The molecule has 0 aromatic heterocycles. The average Bonchev–Trinajstić information content (AvgIpc) is 2.33. The second-order valence-corrected chi connectivity index (χ2v) is 5.34. The van der Waals surface area contributed by atoms with E-state index in [2.05, 4.69) is 21.1 Å². The van der Waals surface area contributed by atoms with Gasteiger partial charge in [-0.1, -0.05) is 18.2 Å². The third-order valence-corrected chi connectivity index (χ3v) is 2.58. The predicted octanol–water partition coefficient (Wildman–Crippen LogP) is -0.622. The summed E-state index contributed by atoms with van der Waals surface area (Å²) < 4.78 is 5.94. The van der Waals surface area contributed by atoms with Gasteiger partial charge in [0.05, 0.1) is 41.2 Å². The number of quaternary nitrogens is 1. The molecule has 1 aromatic rings. The number of benzene rings is 1. The molecule has 4 heteroatoms. The molecule has 0 aliphatic heterocycles. The Kier molecular flexibility index (Phi) is 7.94. The Morgan fingerprint density at radius 3 is 2.58 bits per heavy atom. The summed E-state index contributed by atoms with van der Waals surface area (Å²) in [6, 6.07) is 7.65. The van der Waals surface area contributed by atoms with Gasteiger partial charge in [0.2, 0.25) is 0 Å². The van der Waals surface area contributed by atoms with E-state index < -0.39 is 0 Å². The van der Waals surface area contributed by atoms with Crippen LogP contribution in [0.4, 0.5) is 0 Å². The third kappa shape index (κ3) is 8.00. The molecule has 0 N–H and O–H groups in total. The zero-order chi connectivity index (χ0) is 13.6. The lowest BCUT2D eigenvalue weighted by atomic mass is 10.1. The standard InChI is InChI=1S/C15H22NO2.HI/c1-16(2,3)11-10-14(17)9-8-13-6-5-7-15(12-13)18-4;/h5-9,12H,10-11H2,1-4H3;1H/q+1;/p-1/b9-8+;. The second kappa shape index (κ2) is 8.32. The highest BCUT2D eigenvalue weighted by Gasteiger charge is 2.08. The first kappa shape index (κ1) is 18.1. The molecule has 0 spiro atoms. The van der Waals surface area contributed by atoms with Crippen molar-refractivity contribution >= 4 is 11.9 Å². The van der Waals surface area contributed by atoms with Crippen LogP contribution in [0.5, 0.6) is 5.75 Å². The van der Waals surface area contributed by atoms with Crippen molar-refractivity contribution in [2.75, 3.05) is 34.8 Å². The second-order valence-electron chi connectivity index (χ2n) is 5.34. The van der Waals surface area contributed by atoms with Crippen LogP contribution in [0.25, 0.3) is 6.08 Å². The topological polar surface area (TPSA) is 26.3 Å². The van der Waals surface area contributed by atoms with Gasteiger partial charge in [-0.05, 0) is 23.8 Å². The van der Waals surface area contributed by atoms with E-state index in [4.69, 9.17) is 4.74 Å². The van der Waals surface area contributed by atoms with Gasteiger partial charge in [-0.15, -0.1) is 0 Å². The molecule has 0 saturated heterocycles. The smallest absolute Gasteiger partial charge is 0.161 e. The summed E-state index contributed by atoms with van der Waals surface area (Å²) >= 11 is 0. The molecule has 0 heterocycles. The van der Waals surface area contributed by atoms with Crippen LogP contribution in [-0.2, 0) is 4.79 Å². The molecule has 0 unspecified atom stereocenters. The minimum atomic E-state index is 0. The van der Waals surface area contributed by atoms with Gasteiger partial charge in [0.15, 0.2) is 5.78 Å². The maximum atomic E-state index is 11.7. The fraction of sp³-hybridized carbons (Fsp3) is 0.400. The van der Waals surface area contributed by atoms with Gasteiger partial charge in [0.1, 0.15) is 5.75 Å². The van der Waals surface area contributed by atoms with Crippen LogP contribution in [0.2, 0.25) is 0 Å². The molecule has 3 nitrogen and oxygen atoms in total. The van der Waals surface area contributed by atoms with Gasteiger partial charge in [0, 0.05) is 0 Å². The number of ether oxygens (including phenoxy) is 1. The van der Waals surface area contributed by atoms with Crippen LogP contribution in [0.1, 0.15) is 12.0 Å². The number of carbonyl (C=O) groups excluding carboxylic acids is 1. The Morgan fingerprint density at radius 1 is 1.32 bits per heavy atom. The molecule has 0 atom stereocenters. The number of ketones is 1. The highest BCUT2D eigenvalue weighted by molar-refractivity contribution is 5.93. The van der Waals surface area contributed by atoms with Gasteiger partial charge in [-0.2, -0.15) is 0 Å². The van der Waals surface area contributed by atoms with Crippen LogP contribution >= 0.6 is 0 Å². The lowest BCUT2D eigenvalue weighted by Crippen LogP contribution is -3.00. The molecule has 1 aromatic carbocycles. The van der Waals surface area contributed by atoms with Crippen LogP contribution in [0, 0.1) is 0 Å². The van der Waals surface area contributed by atoms with Gasteiger partial charge in [-0.3, -0.25) is 4.79 Å². The summed E-state index contributed by atoms with van der Waals surface area (Å²) in [5, 5.41) is 0. The molecule has 0 saturated carbocycles. The lowest BCUT2D eigenvalue weighted by molar-refractivity contribution is -0.869. The first-order chi connectivity index (χ1) is 8.40. The molecule has 0 aliphatic rings. The number of hydrogen-bond donors (Lipinski definition) is 0. The van der Waals surface area contributed by atoms with Crippen molar-refractivity contribution in [3.05, 3.63) is 35.9 Å². The number of carbonyl (C=O) groups is 1. The highest BCUT2D eigenvalue weighted by atomic mass is 127. The third-order valence-electron chi connectivity index (χ3n) is 2.58. The van der Waals surface area contributed by atoms with E-state index in [1.165, 1.54) is 0 Å². The lowest BCUT2D eigenvalue weighted by Gasteiger charge is -2.22. The Hall–Kier alpha value is -0.880. The molecule has 0 fully saturated rings. The summed E-state index contributed by atoms with van der Waals surface area (Å²) in [6.07, 6.45) is 4.05. The number of methoxy groups -OCH3 is 1. The van der Waals surface area contributed by atoms with Crippen LogP contribution in [0.3, 0.4) is 0 Å². The van der Waals surface area contributed by atoms with Gasteiger partial charge in [0.25, 0.3) is 0 Å². The predicted molar refractivity (Wildman–Crippen MR) is 74.6 cm³/mol. The molecule has 106 valence electrons. The van der Waals surface area contributed by atoms with E-state index in [0.29, 0.717) is 6.42 Å². The number of halogens is 1. The van der Waals surface area contributed by atoms with E-state index in [1.54, 1.807) is 13.2 Å². The Bertz CT molecular complexity index is 436. The summed E-state index contributed by atoms with van der Waals surface area (Å²) in [6.45, 7) is 0.848. The van der Waals surface area contributed by atoms with Gasteiger partial charge in [-0.25, -0.2) is 0 Å².